The van der Waals surface area contributed by atoms with Gasteiger partial charge in [-0.05, 0) is 61.6 Å². The van der Waals surface area contributed by atoms with E-state index in [9.17, 15) is 0 Å². The fourth-order valence-electron chi connectivity index (χ4n) is 5.84. The van der Waals surface area contributed by atoms with Gasteiger partial charge >= 0.3 is 0 Å². The van der Waals surface area contributed by atoms with Gasteiger partial charge in [0.2, 0.25) is 0 Å². The quantitative estimate of drug-likeness (QED) is 0.820. The second kappa shape index (κ2) is 5.82. The number of benzene rings is 1. The van der Waals surface area contributed by atoms with Gasteiger partial charge < -0.3 is 10.6 Å². The number of hydrogen-bond acceptors (Lipinski definition) is 2. The van der Waals surface area contributed by atoms with Crippen molar-refractivity contribution in [2.24, 2.45) is 11.8 Å². The normalized spacial score (nSPS) is 32.5. The SMILES string of the molecule is C1=c2cccc3c2=C(CC1)NC1(CCC(C2CCCCC2)CC1)N3. The minimum absolute atomic E-state index is 0.128. The Morgan fingerprint density at radius 1 is 0.875 bits per heavy atom. The number of rotatable bonds is 1. The zero-order valence-corrected chi connectivity index (χ0v) is 14.7. The molecule has 0 radical (unpaired) electrons. The smallest absolute Gasteiger partial charge is 0.107 e. The van der Waals surface area contributed by atoms with Crippen molar-refractivity contribution in [3.63, 3.8) is 0 Å². The summed E-state index contributed by atoms with van der Waals surface area (Å²) in [6.45, 7) is 0. The summed E-state index contributed by atoms with van der Waals surface area (Å²) in [6.07, 6.45) is 17.6. The molecule has 128 valence electrons. The molecule has 1 aromatic rings. The van der Waals surface area contributed by atoms with Crippen molar-refractivity contribution in [2.45, 2.75) is 76.3 Å². The summed E-state index contributed by atoms with van der Waals surface area (Å²) >= 11 is 0. The van der Waals surface area contributed by atoms with E-state index in [1.54, 1.807) is 0 Å². The molecule has 0 amide bonds. The van der Waals surface area contributed by atoms with Crippen LogP contribution in [0.15, 0.2) is 18.2 Å². The van der Waals surface area contributed by atoms with Crippen LogP contribution in [0.1, 0.15) is 70.6 Å². The Labute approximate surface area is 145 Å². The van der Waals surface area contributed by atoms with E-state index in [4.69, 9.17) is 0 Å². The van der Waals surface area contributed by atoms with E-state index < -0.39 is 0 Å². The summed E-state index contributed by atoms with van der Waals surface area (Å²) < 4.78 is 0. The molecular weight excluding hydrogens is 292 g/mol. The Kier molecular flexibility index (Phi) is 3.61. The largest absolute Gasteiger partial charge is 0.366 e. The van der Waals surface area contributed by atoms with Crippen molar-refractivity contribution in [1.29, 1.82) is 0 Å². The Morgan fingerprint density at radius 3 is 2.50 bits per heavy atom. The third-order valence-corrected chi connectivity index (χ3v) is 7.12. The van der Waals surface area contributed by atoms with Gasteiger partial charge in [-0.15, -0.1) is 0 Å². The zero-order valence-electron chi connectivity index (χ0n) is 14.7. The summed E-state index contributed by atoms with van der Waals surface area (Å²) in [5.74, 6) is 2.01. The first kappa shape index (κ1) is 14.9. The van der Waals surface area contributed by atoms with Gasteiger partial charge in [0.25, 0.3) is 0 Å². The van der Waals surface area contributed by atoms with Crippen LogP contribution in [-0.4, -0.2) is 5.66 Å². The van der Waals surface area contributed by atoms with Crippen LogP contribution in [0.3, 0.4) is 0 Å². The van der Waals surface area contributed by atoms with Crippen LogP contribution in [0.2, 0.25) is 0 Å². The molecule has 0 bridgehead atoms. The molecule has 5 rings (SSSR count). The van der Waals surface area contributed by atoms with Crippen LogP contribution in [0.4, 0.5) is 5.69 Å². The Morgan fingerprint density at radius 2 is 1.67 bits per heavy atom. The molecule has 24 heavy (non-hydrogen) atoms. The van der Waals surface area contributed by atoms with Crippen LogP contribution in [0.5, 0.6) is 0 Å². The third kappa shape index (κ3) is 2.46. The molecular formula is C22H30N2. The van der Waals surface area contributed by atoms with Crippen molar-refractivity contribution in [3.8, 4) is 0 Å². The molecule has 2 nitrogen and oxygen atoms in total. The summed E-state index contributed by atoms with van der Waals surface area (Å²) in [5.41, 5.74) is 3.00. The average Bonchev–Trinajstić information content (AvgIpc) is 2.63. The van der Waals surface area contributed by atoms with Gasteiger partial charge in [-0.25, -0.2) is 0 Å². The van der Waals surface area contributed by atoms with E-state index in [-0.39, 0.29) is 5.66 Å². The predicted molar refractivity (Wildman–Crippen MR) is 101 cm³/mol. The van der Waals surface area contributed by atoms with E-state index >= 15 is 0 Å². The summed E-state index contributed by atoms with van der Waals surface area (Å²) in [4.78, 5) is 0. The van der Waals surface area contributed by atoms with Gasteiger partial charge in [0, 0.05) is 16.6 Å². The lowest BCUT2D eigenvalue weighted by Gasteiger charge is -2.47. The Balaban J connectivity index is 1.37. The maximum absolute atomic E-state index is 3.98. The highest BCUT2D eigenvalue weighted by molar-refractivity contribution is 5.64. The van der Waals surface area contributed by atoms with Gasteiger partial charge in [-0.2, -0.15) is 0 Å². The lowest BCUT2D eigenvalue weighted by atomic mass is 9.70. The lowest BCUT2D eigenvalue weighted by Crippen LogP contribution is -2.60. The summed E-state index contributed by atoms with van der Waals surface area (Å²) in [6, 6.07) is 6.76. The molecule has 0 aromatic heterocycles. The lowest BCUT2D eigenvalue weighted by molar-refractivity contribution is 0.150. The molecule has 1 spiro atoms. The van der Waals surface area contributed by atoms with Gasteiger partial charge in [0.15, 0.2) is 0 Å². The third-order valence-electron chi connectivity index (χ3n) is 7.12. The molecule has 1 aliphatic heterocycles. The fourth-order valence-corrected chi connectivity index (χ4v) is 5.84. The van der Waals surface area contributed by atoms with E-state index in [1.807, 2.05) is 0 Å². The Bertz CT molecular complexity index is 734. The van der Waals surface area contributed by atoms with E-state index in [0.29, 0.717) is 0 Å². The highest BCUT2D eigenvalue weighted by Gasteiger charge is 2.40. The van der Waals surface area contributed by atoms with Crippen molar-refractivity contribution < 1.29 is 0 Å². The van der Waals surface area contributed by atoms with Crippen LogP contribution in [0.25, 0.3) is 11.8 Å². The van der Waals surface area contributed by atoms with Crippen LogP contribution < -0.4 is 21.1 Å². The molecule has 2 N–H and O–H groups in total. The van der Waals surface area contributed by atoms with Crippen molar-refractivity contribution >= 4 is 17.5 Å². The van der Waals surface area contributed by atoms with Gasteiger partial charge in [0.05, 0.1) is 0 Å². The second-order valence-corrected chi connectivity index (χ2v) is 8.56. The molecule has 0 saturated heterocycles. The van der Waals surface area contributed by atoms with E-state index in [0.717, 1.165) is 11.8 Å². The minimum atomic E-state index is 0.128. The van der Waals surface area contributed by atoms with Crippen LogP contribution >= 0.6 is 0 Å². The van der Waals surface area contributed by atoms with Crippen molar-refractivity contribution in [1.82, 2.24) is 5.32 Å². The zero-order chi connectivity index (χ0) is 16.0. The highest BCUT2D eigenvalue weighted by Crippen LogP contribution is 2.42. The van der Waals surface area contributed by atoms with Gasteiger partial charge in [-0.1, -0.05) is 50.3 Å². The van der Waals surface area contributed by atoms with Gasteiger partial charge in [0.1, 0.15) is 5.66 Å². The first-order valence-electron chi connectivity index (χ1n) is 10.2. The maximum atomic E-state index is 3.98. The second-order valence-electron chi connectivity index (χ2n) is 8.56. The van der Waals surface area contributed by atoms with Crippen molar-refractivity contribution in [2.75, 3.05) is 5.32 Å². The minimum Gasteiger partial charge on any atom is -0.366 e. The molecule has 0 unspecified atom stereocenters. The van der Waals surface area contributed by atoms with E-state index in [2.05, 4.69) is 34.9 Å². The standard InChI is InChI=1S/C22H30N2/c1-2-6-16(7-3-1)17-12-14-22(15-13-17)23-19-10-4-8-18-9-5-11-20(24-22)21(18)19/h4,8-10,16-17,23-24H,1-3,5-7,11-15H2. The molecule has 4 aliphatic rings. The monoisotopic (exact) mass is 322 g/mol. The Hall–Kier alpha value is -1.44. The molecule has 2 saturated carbocycles. The van der Waals surface area contributed by atoms with Crippen molar-refractivity contribution in [3.05, 3.63) is 28.6 Å². The average molecular weight is 322 g/mol. The number of anilines is 1. The van der Waals surface area contributed by atoms with E-state index in [1.165, 1.54) is 92.5 Å². The predicted octanol–water partition coefficient (Wildman–Crippen LogP) is 3.85. The molecule has 1 heterocycles. The molecule has 0 atom stereocenters. The van der Waals surface area contributed by atoms with Crippen LogP contribution in [-0.2, 0) is 0 Å². The topological polar surface area (TPSA) is 24.1 Å². The number of nitrogens with one attached hydrogen (secondary N) is 2. The highest BCUT2D eigenvalue weighted by atomic mass is 15.2. The molecule has 2 heteroatoms. The summed E-state index contributed by atoms with van der Waals surface area (Å²) in [7, 11) is 0. The molecule has 3 aliphatic carbocycles. The summed E-state index contributed by atoms with van der Waals surface area (Å²) in [5, 5.41) is 10.8. The first-order chi connectivity index (χ1) is 11.8. The fraction of sp³-hybridized carbons (Fsp3) is 0.636. The molecule has 1 aromatic carbocycles. The van der Waals surface area contributed by atoms with Gasteiger partial charge in [-0.3, -0.25) is 0 Å². The maximum Gasteiger partial charge on any atom is 0.107 e. The van der Waals surface area contributed by atoms with Crippen LogP contribution in [0, 0.1) is 11.8 Å². The number of hydrogen-bond donors (Lipinski definition) is 2. The molecule has 2 fully saturated rings. The first-order valence-corrected chi connectivity index (χ1v) is 10.2.